The largest absolute Gasteiger partial charge is 0.441 e. The van der Waals surface area contributed by atoms with Crippen molar-refractivity contribution >= 4 is 109 Å². The highest BCUT2D eigenvalue weighted by Crippen LogP contribution is 2.40. The maximum absolute atomic E-state index is 5.60. The third kappa shape index (κ3) is 16.2. The molecule has 0 saturated carbocycles. The first-order valence-electron chi connectivity index (χ1n) is 40.9. The van der Waals surface area contributed by atoms with E-state index in [1.807, 2.05) is 27.7 Å². The van der Waals surface area contributed by atoms with E-state index in [0.717, 1.165) is 78.0 Å². The first-order chi connectivity index (χ1) is 53.9. The molecule has 0 bridgehead atoms. The fourth-order valence-electron chi connectivity index (χ4n) is 16.6. The van der Waals surface area contributed by atoms with Gasteiger partial charge in [-0.2, -0.15) is 0 Å². The van der Waals surface area contributed by atoms with Crippen molar-refractivity contribution in [1.29, 1.82) is 0 Å². The van der Waals surface area contributed by atoms with Gasteiger partial charge in [-0.3, -0.25) is 0 Å². The van der Waals surface area contributed by atoms with Gasteiger partial charge in [0.25, 0.3) is 0 Å². The van der Waals surface area contributed by atoms with Gasteiger partial charge in [-0.05, 0) is 452 Å². The predicted octanol–water partition coefficient (Wildman–Crippen LogP) is 29.2. The van der Waals surface area contributed by atoms with E-state index in [1.165, 1.54) is 243 Å². The SMILES string of the molecule is Cc1c(C)c(C)c2c(c1C)c(C)c(C)n2C.Cc1c(C)c(C)c2c(c1C)c(C)c(C)n2C.Cc1nc2c(C)c(C)c(C)c(C)c2o1.Cc1nc2c(C)c(C)c(C)c(C)c2o1.Cc1nc2c(C)c(C)c(C)c(C)c2o1.Cc1nc2c(C)c(C)c(C)c(C)c2o1.Cc1nc2c(C)c(C)c(C)c(C)c2s1.Cc1nc2c(C)c(C)c(C)c(C)c2s1. The van der Waals surface area contributed by atoms with Gasteiger partial charge in [0.2, 0.25) is 0 Å². The summed E-state index contributed by atoms with van der Waals surface area (Å²) >= 11 is 3.61. The minimum atomic E-state index is 0.746. The van der Waals surface area contributed by atoms with Crippen molar-refractivity contribution in [3.8, 4) is 0 Å². The lowest BCUT2D eigenvalue weighted by Crippen LogP contribution is -1.97. The molecule has 0 aliphatic carbocycles. The molecular formula is C102H132N8O4S2. The number of hydrogen-bond donors (Lipinski definition) is 0. The van der Waals surface area contributed by atoms with Crippen LogP contribution in [0.3, 0.4) is 0 Å². The standard InChI is InChI=1S/2C15H21N.4C12H15NO.2C12H15NS/c2*1-8-9(2)11(4)15-14(10(8)3)12(5)13(6)16(15)7;6*1-6-7(2)9(4)12-11(8(6)3)13-10(5)14-12/h2*1-7H3;6*1-5H3. The van der Waals surface area contributed by atoms with Gasteiger partial charge in [0.05, 0.1) is 41.5 Å². The van der Waals surface area contributed by atoms with Crippen LogP contribution in [0.5, 0.6) is 0 Å². The highest BCUT2D eigenvalue weighted by atomic mass is 32.1. The highest BCUT2D eigenvalue weighted by Gasteiger charge is 2.22. The van der Waals surface area contributed by atoms with Crippen LogP contribution >= 0.6 is 22.7 Å². The van der Waals surface area contributed by atoms with E-state index >= 15 is 0 Å². The van der Waals surface area contributed by atoms with Gasteiger partial charge in [-0.1, -0.05) is 0 Å². The average Bonchev–Trinajstić information content (AvgIpc) is 1.59. The van der Waals surface area contributed by atoms with Crippen LogP contribution in [0, 0.1) is 291 Å². The van der Waals surface area contributed by atoms with Crippen LogP contribution in [-0.4, -0.2) is 39.0 Å². The van der Waals surface area contributed by atoms with E-state index < -0.39 is 0 Å². The first-order valence-corrected chi connectivity index (χ1v) is 42.6. The number of thiazole rings is 2. The molecule has 8 heterocycles. The fourth-order valence-corrected chi connectivity index (χ4v) is 18.7. The second-order valence-electron chi connectivity index (χ2n) is 33.4. The Morgan fingerprint density at radius 2 is 0.362 bits per heavy atom. The zero-order valence-corrected chi connectivity index (χ0v) is 80.7. The van der Waals surface area contributed by atoms with Crippen molar-refractivity contribution in [2.45, 2.75) is 291 Å². The summed E-state index contributed by atoms with van der Waals surface area (Å²) in [7, 11) is 4.34. The minimum Gasteiger partial charge on any atom is -0.441 e. The Kier molecular flexibility index (Phi) is 27.0. The summed E-state index contributed by atoms with van der Waals surface area (Å²) in [6, 6.07) is 0. The third-order valence-corrected chi connectivity index (χ3v) is 29.7. The number of aryl methyl sites for hydroxylation is 26. The molecule has 0 radical (unpaired) electrons. The van der Waals surface area contributed by atoms with Crippen LogP contribution in [0.15, 0.2) is 17.7 Å². The third-order valence-electron chi connectivity index (χ3n) is 27.5. The quantitative estimate of drug-likeness (QED) is 0.144. The van der Waals surface area contributed by atoms with Gasteiger partial charge in [-0.25, -0.2) is 29.9 Å². The van der Waals surface area contributed by atoms with Crippen LogP contribution in [0.25, 0.3) is 86.6 Å². The van der Waals surface area contributed by atoms with Crippen LogP contribution in [0.4, 0.5) is 0 Å². The van der Waals surface area contributed by atoms with E-state index in [-0.39, 0.29) is 0 Å². The summed E-state index contributed by atoms with van der Waals surface area (Å²) in [6.45, 7) is 89.9. The molecule has 8 aromatic carbocycles. The lowest BCUT2D eigenvalue weighted by Gasteiger charge is -2.12. The smallest absolute Gasteiger partial charge is 0.192 e. The van der Waals surface area contributed by atoms with E-state index in [2.05, 4.69) is 316 Å². The Morgan fingerprint density at radius 3 is 0.586 bits per heavy atom. The molecule has 0 N–H and O–H groups in total. The molecule has 0 amide bonds. The topological polar surface area (TPSA) is 140 Å². The van der Waals surface area contributed by atoms with E-state index in [9.17, 15) is 0 Å². The molecule has 0 aliphatic heterocycles. The van der Waals surface area contributed by atoms with Crippen molar-refractivity contribution in [2.24, 2.45) is 14.1 Å². The Hall–Kier alpha value is -9.50. The highest BCUT2D eigenvalue weighted by molar-refractivity contribution is 7.19. The van der Waals surface area contributed by atoms with Gasteiger partial charge in [0, 0.05) is 64.0 Å². The molecule has 0 unspecified atom stereocenters. The van der Waals surface area contributed by atoms with Crippen LogP contribution in [0.1, 0.15) is 234 Å². The van der Waals surface area contributed by atoms with E-state index in [0.29, 0.717) is 0 Å². The molecule has 14 heteroatoms. The first kappa shape index (κ1) is 90.4. The second kappa shape index (κ2) is 34.6. The van der Waals surface area contributed by atoms with Gasteiger partial charge in [-0.15, -0.1) is 22.7 Å². The minimum absolute atomic E-state index is 0.746. The molecule has 0 atom stereocenters. The fraction of sp³-hybridized carbons (Fsp3) is 0.431. The summed E-state index contributed by atoms with van der Waals surface area (Å²) in [6.07, 6.45) is 0. The summed E-state index contributed by atoms with van der Waals surface area (Å²) in [4.78, 5) is 26.8. The number of benzene rings is 8. The normalized spacial score (nSPS) is 11.3. The van der Waals surface area contributed by atoms with Gasteiger partial charge in [0.1, 0.15) is 22.1 Å². The molecule has 16 aromatic rings. The van der Waals surface area contributed by atoms with E-state index in [4.69, 9.17) is 17.7 Å². The van der Waals surface area contributed by atoms with Crippen molar-refractivity contribution < 1.29 is 17.7 Å². The molecule has 0 aliphatic rings. The molecule has 8 aromatic heterocycles. The summed E-state index contributed by atoms with van der Waals surface area (Å²) in [5, 5.41) is 5.24. The lowest BCUT2D eigenvalue weighted by molar-refractivity contribution is 0.558. The Morgan fingerprint density at radius 1 is 0.181 bits per heavy atom. The Balaban J connectivity index is 0.000000152. The maximum atomic E-state index is 5.60. The molecule has 616 valence electrons. The number of nitrogens with zero attached hydrogens (tertiary/aromatic N) is 8. The van der Waals surface area contributed by atoms with Crippen LogP contribution in [0.2, 0.25) is 0 Å². The van der Waals surface area contributed by atoms with Crippen molar-refractivity contribution in [3.63, 3.8) is 0 Å². The van der Waals surface area contributed by atoms with Crippen LogP contribution in [-0.2, 0) is 14.1 Å². The number of hydrogen-bond acceptors (Lipinski definition) is 12. The van der Waals surface area contributed by atoms with Gasteiger partial charge in [0.15, 0.2) is 45.9 Å². The average molecular weight is 1600 g/mol. The maximum Gasteiger partial charge on any atom is 0.192 e. The second-order valence-corrected chi connectivity index (χ2v) is 35.9. The molecule has 16 rings (SSSR count). The zero-order chi connectivity index (χ0) is 87.1. The number of aromatic nitrogens is 8. The number of fused-ring (bicyclic) bond motifs is 8. The predicted molar refractivity (Wildman–Crippen MR) is 500 cm³/mol. The van der Waals surface area contributed by atoms with Crippen molar-refractivity contribution in [3.05, 3.63) is 234 Å². The molecule has 0 fully saturated rings. The van der Waals surface area contributed by atoms with Crippen LogP contribution < -0.4 is 0 Å². The molecule has 0 saturated heterocycles. The Labute approximate surface area is 700 Å². The van der Waals surface area contributed by atoms with Gasteiger partial charge >= 0.3 is 0 Å². The number of oxazole rings is 4. The van der Waals surface area contributed by atoms with Gasteiger partial charge < -0.3 is 26.8 Å². The molecular weight excluding hydrogens is 1470 g/mol. The number of rotatable bonds is 0. The summed E-state index contributed by atoms with van der Waals surface area (Å²) in [5.74, 6) is 2.99. The molecule has 12 nitrogen and oxygen atoms in total. The zero-order valence-electron chi connectivity index (χ0n) is 79.0. The lowest BCUT2D eigenvalue weighted by atomic mass is 9.94. The molecule has 0 spiro atoms. The van der Waals surface area contributed by atoms with Crippen molar-refractivity contribution in [2.75, 3.05) is 0 Å². The summed E-state index contributed by atoms with van der Waals surface area (Å²) < 4.78 is 29.8. The molecule has 116 heavy (non-hydrogen) atoms. The Bertz CT molecular complexity index is 5380. The summed E-state index contributed by atoms with van der Waals surface area (Å²) in [5.41, 5.74) is 61.6. The monoisotopic (exact) mass is 1600 g/mol. The van der Waals surface area contributed by atoms with E-state index in [1.54, 1.807) is 22.7 Å². The van der Waals surface area contributed by atoms with Crippen molar-refractivity contribution in [1.82, 2.24) is 39.0 Å².